The largest absolute Gasteiger partial charge is 0.496 e. The van der Waals surface area contributed by atoms with Crippen LogP contribution in [0.1, 0.15) is 30.4 Å². The SMILES string of the molecule is CNNC(=O)CCCCc1cc(C)ccc1OC. The maximum absolute atomic E-state index is 11.2. The molecule has 100 valence electrons. The molecule has 0 aliphatic carbocycles. The minimum Gasteiger partial charge on any atom is -0.496 e. The Bertz CT molecular complexity index is 391. The van der Waals surface area contributed by atoms with Gasteiger partial charge in [0.05, 0.1) is 7.11 Å². The number of amides is 1. The van der Waals surface area contributed by atoms with Gasteiger partial charge in [0.1, 0.15) is 5.75 Å². The van der Waals surface area contributed by atoms with Crippen molar-refractivity contribution in [1.29, 1.82) is 0 Å². The van der Waals surface area contributed by atoms with Crippen LogP contribution in [0.25, 0.3) is 0 Å². The first-order valence-electron chi connectivity index (χ1n) is 6.26. The third kappa shape index (κ3) is 4.75. The van der Waals surface area contributed by atoms with Crippen molar-refractivity contribution in [2.45, 2.75) is 32.6 Å². The van der Waals surface area contributed by atoms with Crippen molar-refractivity contribution < 1.29 is 9.53 Å². The van der Waals surface area contributed by atoms with Crippen molar-refractivity contribution in [1.82, 2.24) is 10.9 Å². The molecule has 2 N–H and O–H groups in total. The van der Waals surface area contributed by atoms with Gasteiger partial charge in [-0.25, -0.2) is 5.43 Å². The molecule has 0 aromatic heterocycles. The fraction of sp³-hybridized carbons (Fsp3) is 0.500. The highest BCUT2D eigenvalue weighted by molar-refractivity contribution is 5.75. The molecule has 1 aromatic carbocycles. The second-order valence-electron chi connectivity index (χ2n) is 4.32. The van der Waals surface area contributed by atoms with Crippen molar-refractivity contribution in [2.24, 2.45) is 0 Å². The lowest BCUT2D eigenvalue weighted by Gasteiger charge is -2.09. The van der Waals surface area contributed by atoms with Crippen LogP contribution in [0.3, 0.4) is 0 Å². The van der Waals surface area contributed by atoms with Crippen LogP contribution in [0.4, 0.5) is 0 Å². The second-order valence-corrected chi connectivity index (χ2v) is 4.32. The predicted octanol–water partition coefficient (Wildman–Crippen LogP) is 1.97. The lowest BCUT2D eigenvalue weighted by Crippen LogP contribution is -2.33. The van der Waals surface area contributed by atoms with Gasteiger partial charge in [-0.05, 0) is 37.8 Å². The Balaban J connectivity index is 2.39. The van der Waals surface area contributed by atoms with Crippen molar-refractivity contribution in [3.63, 3.8) is 0 Å². The maximum atomic E-state index is 11.2. The molecule has 0 bridgehead atoms. The maximum Gasteiger partial charge on any atom is 0.234 e. The Hall–Kier alpha value is -1.55. The summed E-state index contributed by atoms with van der Waals surface area (Å²) in [7, 11) is 3.38. The van der Waals surface area contributed by atoms with Crippen molar-refractivity contribution in [3.8, 4) is 5.75 Å². The van der Waals surface area contributed by atoms with Crippen LogP contribution in [0, 0.1) is 6.92 Å². The van der Waals surface area contributed by atoms with Crippen LogP contribution in [-0.4, -0.2) is 20.1 Å². The molecule has 0 unspecified atom stereocenters. The minimum atomic E-state index is 0.0358. The summed E-state index contributed by atoms with van der Waals surface area (Å²) in [4.78, 5) is 11.2. The molecule has 0 spiro atoms. The molecule has 0 radical (unpaired) electrons. The Morgan fingerprint density at radius 3 is 2.78 bits per heavy atom. The Labute approximate surface area is 109 Å². The summed E-state index contributed by atoms with van der Waals surface area (Å²) in [5, 5.41) is 0. The number of rotatable bonds is 7. The molecular formula is C14H22N2O2. The number of carbonyl (C=O) groups is 1. The van der Waals surface area contributed by atoms with Crippen LogP contribution in [0.5, 0.6) is 5.75 Å². The van der Waals surface area contributed by atoms with Gasteiger partial charge in [-0.1, -0.05) is 17.7 Å². The highest BCUT2D eigenvalue weighted by Crippen LogP contribution is 2.21. The Kier molecular flexibility index (Phi) is 6.22. The molecule has 0 atom stereocenters. The molecular weight excluding hydrogens is 228 g/mol. The normalized spacial score (nSPS) is 10.2. The van der Waals surface area contributed by atoms with E-state index >= 15 is 0 Å². The molecule has 4 heteroatoms. The number of ether oxygens (including phenoxy) is 1. The Morgan fingerprint density at radius 2 is 2.11 bits per heavy atom. The van der Waals surface area contributed by atoms with Gasteiger partial charge < -0.3 is 4.74 Å². The molecule has 0 aliphatic rings. The summed E-state index contributed by atoms with van der Waals surface area (Å²) in [5.41, 5.74) is 7.64. The number of aryl methyl sites for hydroxylation is 2. The lowest BCUT2D eigenvalue weighted by molar-refractivity contribution is -0.122. The first-order chi connectivity index (χ1) is 8.67. The first-order valence-corrected chi connectivity index (χ1v) is 6.26. The number of unbranched alkanes of at least 4 members (excludes halogenated alkanes) is 1. The predicted molar refractivity (Wildman–Crippen MR) is 72.5 cm³/mol. The molecule has 0 saturated heterocycles. The topological polar surface area (TPSA) is 50.4 Å². The van der Waals surface area contributed by atoms with E-state index in [4.69, 9.17) is 4.74 Å². The van der Waals surface area contributed by atoms with Gasteiger partial charge in [0.15, 0.2) is 0 Å². The highest BCUT2D eigenvalue weighted by atomic mass is 16.5. The molecule has 0 saturated carbocycles. The van der Waals surface area contributed by atoms with Crippen molar-refractivity contribution in [3.05, 3.63) is 29.3 Å². The van der Waals surface area contributed by atoms with Crippen LogP contribution >= 0.6 is 0 Å². The van der Waals surface area contributed by atoms with E-state index in [0.29, 0.717) is 6.42 Å². The van der Waals surface area contributed by atoms with Gasteiger partial charge in [0, 0.05) is 13.5 Å². The van der Waals surface area contributed by atoms with Crippen LogP contribution in [-0.2, 0) is 11.2 Å². The van der Waals surface area contributed by atoms with Gasteiger partial charge in [-0.2, -0.15) is 0 Å². The van der Waals surface area contributed by atoms with E-state index < -0.39 is 0 Å². The summed E-state index contributed by atoms with van der Waals surface area (Å²) >= 11 is 0. The van der Waals surface area contributed by atoms with E-state index in [1.165, 1.54) is 11.1 Å². The smallest absolute Gasteiger partial charge is 0.234 e. The van der Waals surface area contributed by atoms with Gasteiger partial charge in [-0.3, -0.25) is 10.2 Å². The van der Waals surface area contributed by atoms with E-state index in [2.05, 4.69) is 23.8 Å². The number of nitrogens with one attached hydrogen (secondary N) is 2. The van der Waals surface area contributed by atoms with E-state index in [-0.39, 0.29) is 5.91 Å². The van der Waals surface area contributed by atoms with Crippen molar-refractivity contribution >= 4 is 5.91 Å². The molecule has 1 amide bonds. The van der Waals surface area contributed by atoms with Crippen LogP contribution in [0.15, 0.2) is 18.2 Å². The third-order valence-electron chi connectivity index (χ3n) is 2.80. The molecule has 0 fully saturated rings. The Morgan fingerprint density at radius 1 is 1.33 bits per heavy atom. The number of methoxy groups -OCH3 is 1. The standard InChI is InChI=1S/C14H22N2O2/c1-11-8-9-13(18-3)12(10-11)6-4-5-7-14(17)16-15-2/h8-10,15H,4-7H2,1-3H3,(H,16,17). The third-order valence-corrected chi connectivity index (χ3v) is 2.80. The molecule has 1 aromatic rings. The summed E-state index contributed by atoms with van der Waals surface area (Å²) in [5.74, 6) is 0.967. The van der Waals surface area contributed by atoms with E-state index in [0.717, 1.165) is 25.0 Å². The first kappa shape index (κ1) is 14.5. The van der Waals surface area contributed by atoms with Crippen molar-refractivity contribution in [2.75, 3.05) is 14.2 Å². The summed E-state index contributed by atoms with van der Waals surface area (Å²) in [6.07, 6.45) is 3.36. The van der Waals surface area contributed by atoms with Gasteiger partial charge in [0.2, 0.25) is 5.91 Å². The molecule has 1 rings (SSSR count). The minimum absolute atomic E-state index is 0.0358. The molecule has 18 heavy (non-hydrogen) atoms. The quantitative estimate of drug-likeness (QED) is 0.574. The fourth-order valence-corrected chi connectivity index (χ4v) is 1.91. The monoisotopic (exact) mass is 250 g/mol. The number of hydrogen-bond donors (Lipinski definition) is 2. The number of hydrogen-bond acceptors (Lipinski definition) is 3. The van der Waals surface area contributed by atoms with Gasteiger partial charge in [-0.15, -0.1) is 0 Å². The average molecular weight is 250 g/mol. The summed E-state index contributed by atoms with van der Waals surface area (Å²) < 4.78 is 5.33. The zero-order valence-corrected chi connectivity index (χ0v) is 11.4. The molecule has 0 heterocycles. The number of benzene rings is 1. The zero-order valence-electron chi connectivity index (χ0n) is 11.4. The lowest BCUT2D eigenvalue weighted by atomic mass is 10.0. The van der Waals surface area contributed by atoms with E-state index in [1.54, 1.807) is 14.2 Å². The van der Waals surface area contributed by atoms with E-state index in [9.17, 15) is 4.79 Å². The van der Waals surface area contributed by atoms with Crippen LogP contribution in [0.2, 0.25) is 0 Å². The van der Waals surface area contributed by atoms with Crippen LogP contribution < -0.4 is 15.6 Å². The number of hydrazine groups is 1. The summed E-state index contributed by atoms with van der Waals surface area (Å²) in [6, 6.07) is 6.19. The molecule has 4 nitrogen and oxygen atoms in total. The fourth-order valence-electron chi connectivity index (χ4n) is 1.91. The summed E-state index contributed by atoms with van der Waals surface area (Å²) in [6.45, 7) is 2.07. The number of carbonyl (C=O) groups excluding carboxylic acids is 1. The van der Waals surface area contributed by atoms with Gasteiger partial charge in [0.25, 0.3) is 0 Å². The highest BCUT2D eigenvalue weighted by Gasteiger charge is 2.04. The van der Waals surface area contributed by atoms with Gasteiger partial charge >= 0.3 is 0 Å². The second kappa shape index (κ2) is 7.71. The van der Waals surface area contributed by atoms with E-state index in [1.807, 2.05) is 12.1 Å². The molecule has 0 aliphatic heterocycles. The zero-order chi connectivity index (χ0) is 13.4. The average Bonchev–Trinajstić information content (AvgIpc) is 2.35.